The smallest absolute Gasteiger partial charge is 0.239 e. The van der Waals surface area contributed by atoms with E-state index in [1.54, 1.807) is 0 Å². The minimum absolute atomic E-state index is 0.0381. The first kappa shape index (κ1) is 16.4. The lowest BCUT2D eigenvalue weighted by Gasteiger charge is -2.06. The van der Waals surface area contributed by atoms with Gasteiger partial charge in [0.2, 0.25) is 11.8 Å². The molecule has 1 rings (SSSR count). The molecule has 0 saturated carbocycles. The molecular weight excluding hydrogens is 286 g/mol. The number of thioether (sulfide) groups is 1. The van der Waals surface area contributed by atoms with Crippen molar-refractivity contribution in [2.45, 2.75) is 18.2 Å². The van der Waals surface area contributed by atoms with Gasteiger partial charge in [0.25, 0.3) is 0 Å². The van der Waals surface area contributed by atoms with Crippen LogP contribution in [0.3, 0.4) is 0 Å². The van der Waals surface area contributed by atoms with Crippen LogP contribution in [0.4, 0.5) is 8.78 Å². The van der Waals surface area contributed by atoms with Crippen molar-refractivity contribution >= 4 is 23.6 Å². The first-order valence-corrected chi connectivity index (χ1v) is 7.12. The lowest BCUT2D eigenvalue weighted by atomic mass is 10.3. The van der Waals surface area contributed by atoms with E-state index >= 15 is 0 Å². The van der Waals surface area contributed by atoms with Gasteiger partial charge in [-0.3, -0.25) is 9.59 Å². The van der Waals surface area contributed by atoms with Gasteiger partial charge in [-0.15, -0.1) is 11.8 Å². The van der Waals surface area contributed by atoms with Gasteiger partial charge in [-0.2, -0.15) is 0 Å². The highest BCUT2D eigenvalue weighted by atomic mass is 32.2. The van der Waals surface area contributed by atoms with Gasteiger partial charge in [0.1, 0.15) is 11.6 Å². The lowest BCUT2D eigenvalue weighted by Crippen LogP contribution is -2.37. The van der Waals surface area contributed by atoms with Crippen LogP contribution in [-0.2, 0) is 9.59 Å². The Bertz CT molecular complexity index is 483. The fourth-order valence-corrected chi connectivity index (χ4v) is 2.04. The molecule has 0 aromatic heterocycles. The van der Waals surface area contributed by atoms with E-state index in [9.17, 15) is 18.4 Å². The van der Waals surface area contributed by atoms with Gasteiger partial charge in [0.15, 0.2) is 0 Å². The fourth-order valence-electron chi connectivity index (χ4n) is 1.29. The predicted molar refractivity (Wildman–Crippen MR) is 73.4 cm³/mol. The van der Waals surface area contributed by atoms with Crippen molar-refractivity contribution in [1.29, 1.82) is 0 Å². The van der Waals surface area contributed by atoms with Gasteiger partial charge < -0.3 is 10.6 Å². The van der Waals surface area contributed by atoms with E-state index in [1.165, 1.54) is 6.07 Å². The maximum absolute atomic E-state index is 13.3. The summed E-state index contributed by atoms with van der Waals surface area (Å²) in [5.74, 6) is -2.06. The number of halogens is 2. The van der Waals surface area contributed by atoms with Crippen LogP contribution in [0.15, 0.2) is 23.1 Å². The van der Waals surface area contributed by atoms with Crippen LogP contribution in [0.2, 0.25) is 0 Å². The third-order valence-electron chi connectivity index (χ3n) is 2.27. The minimum atomic E-state index is -0.705. The molecule has 7 heteroatoms. The molecule has 20 heavy (non-hydrogen) atoms. The van der Waals surface area contributed by atoms with Crippen molar-refractivity contribution in [3.8, 4) is 0 Å². The van der Waals surface area contributed by atoms with E-state index in [0.717, 1.165) is 30.3 Å². The number of rotatable bonds is 7. The highest BCUT2D eigenvalue weighted by molar-refractivity contribution is 8.00. The number of nitrogens with one attached hydrogen (secondary N) is 2. The third-order valence-corrected chi connectivity index (χ3v) is 3.32. The van der Waals surface area contributed by atoms with E-state index in [1.807, 2.05) is 6.92 Å². The highest BCUT2D eigenvalue weighted by Crippen LogP contribution is 2.21. The minimum Gasteiger partial charge on any atom is -0.355 e. The van der Waals surface area contributed by atoms with Crippen LogP contribution in [0.5, 0.6) is 0 Å². The molecule has 110 valence electrons. The quantitative estimate of drug-likeness (QED) is 0.754. The first-order chi connectivity index (χ1) is 9.52. The summed E-state index contributed by atoms with van der Waals surface area (Å²) in [6.45, 7) is 2.38. The van der Waals surface area contributed by atoms with Crippen LogP contribution in [0.1, 0.15) is 13.3 Å². The Kier molecular flexibility index (Phi) is 7.00. The van der Waals surface area contributed by atoms with E-state index in [0.29, 0.717) is 6.54 Å². The summed E-state index contributed by atoms with van der Waals surface area (Å²) in [5.41, 5.74) is 0. The Morgan fingerprint density at radius 2 is 1.95 bits per heavy atom. The van der Waals surface area contributed by atoms with E-state index < -0.39 is 11.6 Å². The van der Waals surface area contributed by atoms with Gasteiger partial charge in [-0.1, -0.05) is 6.92 Å². The molecule has 4 nitrogen and oxygen atoms in total. The summed E-state index contributed by atoms with van der Waals surface area (Å²) in [5, 5.41) is 5.04. The van der Waals surface area contributed by atoms with Gasteiger partial charge in [-0.05, 0) is 18.6 Å². The zero-order valence-corrected chi connectivity index (χ0v) is 11.9. The summed E-state index contributed by atoms with van der Waals surface area (Å²) < 4.78 is 26.0. The lowest BCUT2D eigenvalue weighted by molar-refractivity contribution is -0.124. The van der Waals surface area contributed by atoms with E-state index in [4.69, 9.17) is 0 Å². The molecular formula is C13H16F2N2O2S. The second kappa shape index (κ2) is 8.52. The Morgan fingerprint density at radius 1 is 1.20 bits per heavy atom. The largest absolute Gasteiger partial charge is 0.355 e. The average molecular weight is 302 g/mol. The molecule has 0 aliphatic heterocycles. The number of amides is 2. The normalized spacial score (nSPS) is 10.2. The maximum atomic E-state index is 13.3. The number of carbonyl (C=O) groups excluding carboxylic acids is 2. The summed E-state index contributed by atoms with van der Waals surface area (Å²) in [6.07, 6.45) is 0.819. The van der Waals surface area contributed by atoms with Crippen LogP contribution >= 0.6 is 11.8 Å². The predicted octanol–water partition coefficient (Wildman–Crippen LogP) is 1.70. The van der Waals surface area contributed by atoms with Crippen LogP contribution in [0.25, 0.3) is 0 Å². The zero-order valence-electron chi connectivity index (χ0n) is 11.0. The Balaban J connectivity index is 2.31. The Morgan fingerprint density at radius 3 is 2.60 bits per heavy atom. The summed E-state index contributed by atoms with van der Waals surface area (Å²) in [6, 6.07) is 3.16. The molecule has 0 fully saturated rings. The standard InChI is InChI=1S/C13H16F2N2O2S/c1-2-5-16-12(18)7-17-13(19)8-20-11-4-3-9(14)6-10(11)15/h3-4,6H,2,5,7-8H2,1H3,(H,16,18)(H,17,19). The Labute approximate surface area is 120 Å². The van der Waals surface area contributed by atoms with Crippen molar-refractivity contribution < 1.29 is 18.4 Å². The molecule has 0 atom stereocenters. The monoisotopic (exact) mass is 302 g/mol. The number of carbonyl (C=O) groups is 2. The zero-order chi connectivity index (χ0) is 15.0. The molecule has 0 unspecified atom stereocenters. The number of hydrogen-bond acceptors (Lipinski definition) is 3. The number of hydrogen-bond donors (Lipinski definition) is 2. The van der Waals surface area contributed by atoms with Crippen LogP contribution in [-0.4, -0.2) is 30.7 Å². The second-order valence-electron chi connectivity index (χ2n) is 3.99. The van der Waals surface area contributed by atoms with Gasteiger partial charge in [0.05, 0.1) is 12.3 Å². The van der Waals surface area contributed by atoms with E-state index in [2.05, 4.69) is 10.6 Å². The van der Waals surface area contributed by atoms with Crippen LogP contribution in [0, 0.1) is 11.6 Å². The van der Waals surface area contributed by atoms with Crippen molar-refractivity contribution in [1.82, 2.24) is 10.6 Å². The molecule has 0 heterocycles. The fraction of sp³-hybridized carbons (Fsp3) is 0.385. The second-order valence-corrected chi connectivity index (χ2v) is 5.01. The van der Waals surface area contributed by atoms with Gasteiger partial charge in [0, 0.05) is 17.5 Å². The first-order valence-electron chi connectivity index (χ1n) is 6.14. The highest BCUT2D eigenvalue weighted by Gasteiger charge is 2.09. The molecule has 2 amide bonds. The van der Waals surface area contributed by atoms with Crippen molar-refractivity contribution in [3.63, 3.8) is 0 Å². The van der Waals surface area contributed by atoms with E-state index in [-0.39, 0.29) is 29.0 Å². The molecule has 1 aromatic rings. The summed E-state index contributed by atoms with van der Waals surface area (Å²) in [7, 11) is 0. The Hall–Kier alpha value is -1.63. The van der Waals surface area contributed by atoms with Crippen molar-refractivity contribution in [3.05, 3.63) is 29.8 Å². The average Bonchev–Trinajstić information content (AvgIpc) is 2.41. The van der Waals surface area contributed by atoms with Gasteiger partial charge >= 0.3 is 0 Å². The summed E-state index contributed by atoms with van der Waals surface area (Å²) in [4.78, 5) is 22.9. The maximum Gasteiger partial charge on any atom is 0.239 e. The molecule has 0 saturated heterocycles. The third kappa shape index (κ3) is 6.01. The number of benzene rings is 1. The molecule has 2 N–H and O–H groups in total. The SMILES string of the molecule is CCCNC(=O)CNC(=O)CSc1ccc(F)cc1F. The topological polar surface area (TPSA) is 58.2 Å². The molecule has 1 aromatic carbocycles. The van der Waals surface area contributed by atoms with Crippen LogP contribution < -0.4 is 10.6 Å². The van der Waals surface area contributed by atoms with Crippen molar-refractivity contribution in [2.24, 2.45) is 0 Å². The van der Waals surface area contributed by atoms with Crippen molar-refractivity contribution in [2.75, 3.05) is 18.8 Å². The molecule has 0 aliphatic carbocycles. The molecule has 0 aliphatic rings. The van der Waals surface area contributed by atoms with Gasteiger partial charge in [-0.25, -0.2) is 8.78 Å². The molecule has 0 bridgehead atoms. The molecule has 0 spiro atoms. The summed E-state index contributed by atoms with van der Waals surface area (Å²) >= 11 is 0.948. The molecule has 0 radical (unpaired) electrons.